The summed E-state index contributed by atoms with van der Waals surface area (Å²) in [7, 11) is 0. The van der Waals surface area contributed by atoms with E-state index < -0.39 is 29.9 Å². The third-order valence-electron chi connectivity index (χ3n) is 6.82. The molecule has 218 valence electrons. The summed E-state index contributed by atoms with van der Waals surface area (Å²) in [4.78, 5) is 36.2. The van der Waals surface area contributed by atoms with E-state index in [1.807, 2.05) is 24.4 Å². The van der Waals surface area contributed by atoms with Gasteiger partial charge in [0.2, 0.25) is 17.7 Å². The van der Waals surface area contributed by atoms with Crippen LogP contribution < -0.4 is 20.3 Å². The lowest BCUT2D eigenvalue weighted by molar-refractivity contribution is -0.125. The average Bonchev–Trinajstić information content (AvgIpc) is 3.45. The van der Waals surface area contributed by atoms with Gasteiger partial charge in [0.25, 0.3) is 0 Å². The molecule has 0 radical (unpaired) electrons. The summed E-state index contributed by atoms with van der Waals surface area (Å²) in [5.41, 5.74) is 7.77. The molecule has 0 unspecified atom stereocenters. The fourth-order valence-electron chi connectivity index (χ4n) is 4.78. The van der Waals surface area contributed by atoms with Gasteiger partial charge < -0.3 is 20.1 Å². The van der Waals surface area contributed by atoms with E-state index in [-0.39, 0.29) is 23.0 Å². The van der Waals surface area contributed by atoms with Crippen LogP contribution in [0.4, 0.5) is 26.0 Å². The van der Waals surface area contributed by atoms with Gasteiger partial charge in [0, 0.05) is 42.8 Å². The maximum atomic E-state index is 15.4. The van der Waals surface area contributed by atoms with Crippen LogP contribution in [0, 0.1) is 11.6 Å². The average molecular weight is 586 g/mol. The number of morpholine rings is 1. The molecule has 1 aliphatic rings. The Morgan fingerprint density at radius 2 is 1.72 bits per heavy atom. The molecule has 13 heteroatoms. The van der Waals surface area contributed by atoms with Gasteiger partial charge in [0.1, 0.15) is 29.9 Å². The third-order valence-corrected chi connectivity index (χ3v) is 6.82. The van der Waals surface area contributed by atoms with Gasteiger partial charge in [-0.3, -0.25) is 14.5 Å². The predicted octanol–water partition coefficient (Wildman–Crippen LogP) is 4.24. The lowest BCUT2D eigenvalue weighted by atomic mass is 10.1. The van der Waals surface area contributed by atoms with Crippen LogP contribution in [0.3, 0.4) is 0 Å². The lowest BCUT2D eigenvalue weighted by Gasteiger charge is -2.27. The van der Waals surface area contributed by atoms with Crippen molar-refractivity contribution in [3.8, 4) is 22.8 Å². The number of carbonyl (C=O) groups excluding carboxylic acids is 2. The summed E-state index contributed by atoms with van der Waals surface area (Å²) in [6.45, 7) is 2.79. The van der Waals surface area contributed by atoms with Gasteiger partial charge in [-0.15, -0.1) is 0 Å². The lowest BCUT2D eigenvalue weighted by Crippen LogP contribution is -2.36. The molecule has 4 heterocycles. The summed E-state index contributed by atoms with van der Waals surface area (Å²) in [5, 5.41) is 4.27. The van der Waals surface area contributed by atoms with Crippen LogP contribution in [0.25, 0.3) is 16.6 Å². The Morgan fingerprint density at radius 3 is 2.47 bits per heavy atom. The number of nitrogens with zero attached hydrogens (tertiary/aromatic N) is 6. The molecular weight excluding hydrogens is 560 g/mol. The Hall–Kier alpha value is -5.43. The van der Waals surface area contributed by atoms with E-state index >= 15 is 4.39 Å². The molecule has 0 spiro atoms. The summed E-state index contributed by atoms with van der Waals surface area (Å²) in [6, 6.07) is 14.5. The van der Waals surface area contributed by atoms with E-state index in [1.54, 1.807) is 10.7 Å². The van der Waals surface area contributed by atoms with Crippen LogP contribution in [0.1, 0.15) is 6.42 Å². The number of carbonyl (C=O) groups is 2. The van der Waals surface area contributed by atoms with Gasteiger partial charge in [-0.05, 0) is 60.2 Å². The molecule has 43 heavy (non-hydrogen) atoms. The minimum atomic E-state index is -0.860. The first kappa shape index (κ1) is 27.7. The smallest absolute Gasteiger partial charge is 0.247 e. The third kappa shape index (κ3) is 5.97. The van der Waals surface area contributed by atoms with Crippen LogP contribution in [0.5, 0.6) is 11.6 Å². The highest BCUT2D eigenvalue weighted by atomic mass is 19.1. The monoisotopic (exact) mass is 585 g/mol. The summed E-state index contributed by atoms with van der Waals surface area (Å²) in [6.07, 6.45) is 4.22. The SMILES string of the molecule is NC(=O)CC(=O)N(c1ccc(F)cc1)c1ccc(Oc2ncnn3cc(-c4ccnc(N5CCOCC5)c4)cc23)c(F)c1. The number of benzene rings is 2. The zero-order valence-corrected chi connectivity index (χ0v) is 22.7. The molecule has 11 nitrogen and oxygen atoms in total. The zero-order valence-electron chi connectivity index (χ0n) is 22.7. The molecule has 6 rings (SSSR count). The van der Waals surface area contributed by atoms with Crippen molar-refractivity contribution in [1.82, 2.24) is 19.6 Å². The summed E-state index contributed by atoms with van der Waals surface area (Å²) < 4.78 is 41.8. The van der Waals surface area contributed by atoms with E-state index in [1.165, 1.54) is 30.6 Å². The molecule has 0 saturated carbocycles. The maximum Gasteiger partial charge on any atom is 0.247 e. The standard InChI is InChI=1S/C30H25F2N7O4/c31-21-1-3-22(4-2-21)39(29(41)16-27(33)40)23-5-6-26(24(32)15-23)43-30-25-13-20(17-38(25)36-18-35-30)19-7-8-34-28(14-19)37-9-11-42-12-10-37/h1-8,13-15,17-18H,9-12,16H2,(H2,33,40). The normalized spacial score (nSPS) is 13.2. The number of amides is 2. The highest BCUT2D eigenvalue weighted by Crippen LogP contribution is 2.34. The fraction of sp³-hybridized carbons (Fsp3) is 0.167. The molecule has 1 fully saturated rings. The molecule has 2 aromatic carbocycles. The number of primary amides is 1. The first-order valence-electron chi connectivity index (χ1n) is 13.3. The molecule has 2 amide bonds. The number of hydrogen-bond acceptors (Lipinski definition) is 8. The Kier molecular flexibility index (Phi) is 7.62. The molecule has 0 atom stereocenters. The number of anilines is 3. The molecular formula is C30H25F2N7O4. The van der Waals surface area contributed by atoms with Crippen LogP contribution in [-0.4, -0.2) is 57.7 Å². The number of aromatic nitrogens is 4. The van der Waals surface area contributed by atoms with Gasteiger partial charge in [0.05, 0.1) is 18.9 Å². The second kappa shape index (κ2) is 11.8. The van der Waals surface area contributed by atoms with Gasteiger partial charge in [0.15, 0.2) is 11.6 Å². The van der Waals surface area contributed by atoms with Gasteiger partial charge in [-0.2, -0.15) is 10.1 Å². The van der Waals surface area contributed by atoms with Crippen LogP contribution in [0.15, 0.2) is 79.4 Å². The van der Waals surface area contributed by atoms with E-state index in [2.05, 4.69) is 20.0 Å². The zero-order chi connectivity index (χ0) is 29.9. The minimum Gasteiger partial charge on any atom is -0.434 e. The number of pyridine rings is 1. The van der Waals surface area contributed by atoms with Crippen molar-refractivity contribution in [3.05, 3.63) is 91.0 Å². The summed E-state index contributed by atoms with van der Waals surface area (Å²) >= 11 is 0. The Labute approximate surface area is 244 Å². The second-order valence-electron chi connectivity index (χ2n) is 9.69. The van der Waals surface area contributed by atoms with E-state index in [4.69, 9.17) is 15.2 Å². The van der Waals surface area contributed by atoms with Crippen LogP contribution in [-0.2, 0) is 14.3 Å². The molecule has 0 bridgehead atoms. The topological polar surface area (TPSA) is 128 Å². The molecule has 1 aliphatic heterocycles. The number of rotatable bonds is 8. The molecule has 3 aromatic heterocycles. The van der Waals surface area contributed by atoms with Gasteiger partial charge in [-0.1, -0.05) is 0 Å². The Balaban J connectivity index is 1.29. The first-order valence-corrected chi connectivity index (χ1v) is 13.3. The van der Waals surface area contributed by atoms with Crippen molar-refractivity contribution in [2.45, 2.75) is 6.42 Å². The predicted molar refractivity (Wildman–Crippen MR) is 153 cm³/mol. The van der Waals surface area contributed by atoms with E-state index in [0.717, 1.165) is 53.1 Å². The summed E-state index contributed by atoms with van der Waals surface area (Å²) in [5.74, 6) is -2.11. The van der Waals surface area contributed by atoms with Gasteiger partial charge in [-0.25, -0.2) is 18.3 Å². The second-order valence-corrected chi connectivity index (χ2v) is 9.69. The number of fused-ring (bicyclic) bond motifs is 1. The van der Waals surface area contributed by atoms with Crippen molar-refractivity contribution >= 4 is 34.5 Å². The van der Waals surface area contributed by atoms with Crippen molar-refractivity contribution in [1.29, 1.82) is 0 Å². The first-order chi connectivity index (χ1) is 20.9. The fourth-order valence-corrected chi connectivity index (χ4v) is 4.78. The van der Waals surface area contributed by atoms with Crippen molar-refractivity contribution in [2.24, 2.45) is 5.73 Å². The Bertz CT molecular complexity index is 1810. The largest absolute Gasteiger partial charge is 0.434 e. The van der Waals surface area contributed by atoms with Gasteiger partial charge >= 0.3 is 0 Å². The van der Waals surface area contributed by atoms with E-state index in [0.29, 0.717) is 18.7 Å². The highest BCUT2D eigenvalue weighted by Gasteiger charge is 2.22. The van der Waals surface area contributed by atoms with Crippen molar-refractivity contribution in [3.63, 3.8) is 0 Å². The Morgan fingerprint density at radius 1 is 0.953 bits per heavy atom. The van der Waals surface area contributed by atoms with Crippen LogP contribution in [0.2, 0.25) is 0 Å². The maximum absolute atomic E-state index is 15.4. The van der Waals surface area contributed by atoms with E-state index in [9.17, 15) is 14.0 Å². The van der Waals surface area contributed by atoms with Crippen molar-refractivity contribution < 1.29 is 27.8 Å². The molecule has 0 aliphatic carbocycles. The number of ether oxygens (including phenoxy) is 2. The molecule has 1 saturated heterocycles. The highest BCUT2D eigenvalue weighted by molar-refractivity contribution is 6.08. The quantitative estimate of drug-likeness (QED) is 0.268. The number of nitrogens with two attached hydrogens (primary N) is 1. The number of halogens is 2. The minimum absolute atomic E-state index is 0.0919. The van der Waals surface area contributed by atoms with Crippen LogP contribution >= 0.6 is 0 Å². The number of hydrogen-bond donors (Lipinski definition) is 1. The van der Waals surface area contributed by atoms with Crippen molar-refractivity contribution in [2.75, 3.05) is 36.1 Å². The molecule has 5 aromatic rings. The molecule has 2 N–H and O–H groups in total.